The first-order chi connectivity index (χ1) is 13.6. The molecule has 156 valence electrons. The van der Waals surface area contributed by atoms with E-state index in [0.717, 1.165) is 22.9 Å². The summed E-state index contributed by atoms with van der Waals surface area (Å²) < 4.78 is 31.8. The Hall–Kier alpha value is -2.54. The Morgan fingerprint density at radius 2 is 1.83 bits per heavy atom. The number of nitrogens with one attached hydrogen (secondary N) is 1. The second-order valence-electron chi connectivity index (χ2n) is 7.70. The minimum absolute atomic E-state index is 0.0512. The number of sulfonamides is 1. The van der Waals surface area contributed by atoms with Gasteiger partial charge in [0.15, 0.2) is 6.10 Å². The number of ether oxygens (including phenoxy) is 1. The molecule has 1 N–H and O–H groups in total. The molecule has 1 aliphatic rings. The molecule has 6 nitrogen and oxygen atoms in total. The van der Waals surface area contributed by atoms with Gasteiger partial charge in [0.25, 0.3) is 5.91 Å². The molecule has 0 saturated carbocycles. The second-order valence-corrected chi connectivity index (χ2v) is 9.61. The van der Waals surface area contributed by atoms with Crippen molar-refractivity contribution < 1.29 is 17.9 Å². The number of fused-ring (bicyclic) bond motifs is 1. The lowest BCUT2D eigenvalue weighted by Crippen LogP contribution is -2.51. The van der Waals surface area contributed by atoms with Crippen LogP contribution in [0.25, 0.3) is 0 Å². The smallest absolute Gasteiger partial charge is 0.263 e. The van der Waals surface area contributed by atoms with Crippen molar-refractivity contribution in [3.8, 4) is 5.75 Å². The van der Waals surface area contributed by atoms with Gasteiger partial charge in [0.1, 0.15) is 5.75 Å². The van der Waals surface area contributed by atoms with Crippen molar-refractivity contribution in [1.29, 1.82) is 0 Å². The Balaban J connectivity index is 1.86. The van der Waals surface area contributed by atoms with Crippen LogP contribution in [0.2, 0.25) is 0 Å². The molecule has 0 aliphatic carbocycles. The van der Waals surface area contributed by atoms with Crippen LogP contribution in [0, 0.1) is 20.8 Å². The first-order valence-electron chi connectivity index (χ1n) is 9.72. The number of anilines is 1. The van der Waals surface area contributed by atoms with E-state index < -0.39 is 16.1 Å². The standard InChI is InChI=1S/C22H28N2O4S/c1-6-18(17-9-7-14(2)11-16(17)4)23-22(25)21-13-24(29(5,26)27)19-12-15(3)8-10-20(19)28-21/h7-12,18,21H,6,13H2,1-5H3,(H,23,25)/t18-,21-/m0/s1. The summed E-state index contributed by atoms with van der Waals surface area (Å²) in [7, 11) is -3.55. The molecule has 3 rings (SSSR count). The quantitative estimate of drug-likeness (QED) is 0.811. The first kappa shape index (κ1) is 21.2. The van der Waals surface area contributed by atoms with Crippen molar-refractivity contribution in [2.75, 3.05) is 17.1 Å². The van der Waals surface area contributed by atoms with E-state index in [1.807, 2.05) is 45.9 Å². The molecule has 0 spiro atoms. The van der Waals surface area contributed by atoms with Gasteiger partial charge in [0, 0.05) is 0 Å². The fourth-order valence-corrected chi connectivity index (χ4v) is 4.60. The zero-order valence-electron chi connectivity index (χ0n) is 17.5. The highest BCUT2D eigenvalue weighted by molar-refractivity contribution is 7.92. The molecular formula is C22H28N2O4S. The number of aryl methyl sites for hydroxylation is 3. The van der Waals surface area contributed by atoms with Crippen LogP contribution in [0.4, 0.5) is 5.69 Å². The Morgan fingerprint density at radius 3 is 2.45 bits per heavy atom. The average molecular weight is 417 g/mol. The van der Waals surface area contributed by atoms with E-state index >= 15 is 0 Å². The maximum Gasteiger partial charge on any atom is 0.263 e. The molecule has 1 heterocycles. The molecular weight excluding hydrogens is 388 g/mol. The fourth-order valence-electron chi connectivity index (χ4n) is 3.69. The highest BCUT2D eigenvalue weighted by Gasteiger charge is 2.35. The zero-order chi connectivity index (χ0) is 21.3. The fraction of sp³-hybridized carbons (Fsp3) is 0.409. The summed E-state index contributed by atoms with van der Waals surface area (Å²) in [5.41, 5.74) is 4.72. The van der Waals surface area contributed by atoms with Gasteiger partial charge in [-0.25, -0.2) is 8.42 Å². The first-order valence-corrected chi connectivity index (χ1v) is 11.6. The molecule has 2 atom stereocenters. The van der Waals surface area contributed by atoms with E-state index in [9.17, 15) is 13.2 Å². The van der Waals surface area contributed by atoms with E-state index in [1.165, 1.54) is 9.87 Å². The third-order valence-electron chi connectivity index (χ3n) is 5.20. The van der Waals surface area contributed by atoms with Gasteiger partial charge in [-0.2, -0.15) is 0 Å². The monoisotopic (exact) mass is 416 g/mol. The van der Waals surface area contributed by atoms with Crippen LogP contribution in [0.3, 0.4) is 0 Å². The Kier molecular flexibility index (Phi) is 5.89. The van der Waals surface area contributed by atoms with Crippen molar-refractivity contribution in [3.63, 3.8) is 0 Å². The number of carbonyl (C=O) groups is 1. The van der Waals surface area contributed by atoms with Crippen LogP contribution in [-0.2, 0) is 14.8 Å². The maximum atomic E-state index is 13.0. The van der Waals surface area contributed by atoms with Crippen molar-refractivity contribution in [2.45, 2.75) is 46.3 Å². The zero-order valence-corrected chi connectivity index (χ0v) is 18.3. The highest BCUT2D eigenvalue weighted by atomic mass is 32.2. The highest BCUT2D eigenvalue weighted by Crippen LogP contribution is 2.36. The average Bonchev–Trinajstić information content (AvgIpc) is 2.64. The van der Waals surface area contributed by atoms with E-state index in [-0.39, 0.29) is 18.5 Å². The third kappa shape index (κ3) is 4.56. The largest absolute Gasteiger partial charge is 0.476 e. The van der Waals surface area contributed by atoms with Crippen LogP contribution in [0.1, 0.15) is 41.6 Å². The predicted molar refractivity (Wildman–Crippen MR) is 115 cm³/mol. The lowest BCUT2D eigenvalue weighted by Gasteiger charge is -2.35. The molecule has 0 radical (unpaired) electrons. The Morgan fingerprint density at radius 1 is 1.17 bits per heavy atom. The Labute approximate surface area is 172 Å². The topological polar surface area (TPSA) is 75.7 Å². The van der Waals surface area contributed by atoms with E-state index in [0.29, 0.717) is 17.9 Å². The van der Waals surface area contributed by atoms with Gasteiger partial charge in [-0.1, -0.05) is 36.8 Å². The summed E-state index contributed by atoms with van der Waals surface area (Å²) in [4.78, 5) is 13.0. The summed E-state index contributed by atoms with van der Waals surface area (Å²) in [5.74, 6) is 0.0729. The van der Waals surface area contributed by atoms with Crippen molar-refractivity contribution in [1.82, 2.24) is 5.32 Å². The van der Waals surface area contributed by atoms with Crippen molar-refractivity contribution >= 4 is 21.6 Å². The number of hydrogen-bond acceptors (Lipinski definition) is 4. The number of rotatable bonds is 5. The molecule has 0 fully saturated rings. The second kappa shape index (κ2) is 8.06. The summed E-state index contributed by atoms with van der Waals surface area (Å²) >= 11 is 0. The molecule has 1 aliphatic heterocycles. The van der Waals surface area contributed by atoms with Gasteiger partial charge in [-0.15, -0.1) is 0 Å². The van der Waals surface area contributed by atoms with Gasteiger partial charge in [-0.05, 0) is 56.0 Å². The number of carbonyl (C=O) groups excluding carboxylic acids is 1. The minimum atomic E-state index is -3.55. The van der Waals surface area contributed by atoms with Crippen LogP contribution < -0.4 is 14.4 Å². The Bertz CT molecular complexity index is 1030. The molecule has 0 unspecified atom stereocenters. The SMILES string of the molecule is CC[C@H](NC(=O)[C@@H]1CN(S(C)(=O)=O)c2cc(C)ccc2O1)c1ccc(C)cc1C. The lowest BCUT2D eigenvalue weighted by atomic mass is 9.97. The van der Waals surface area contributed by atoms with Crippen LogP contribution >= 0.6 is 0 Å². The van der Waals surface area contributed by atoms with Crippen LogP contribution in [0.15, 0.2) is 36.4 Å². The summed E-state index contributed by atoms with van der Waals surface area (Å²) in [5, 5.41) is 3.04. The predicted octanol–water partition coefficient (Wildman–Crippen LogP) is 3.41. The lowest BCUT2D eigenvalue weighted by molar-refractivity contribution is -0.128. The van der Waals surface area contributed by atoms with E-state index in [2.05, 4.69) is 11.4 Å². The van der Waals surface area contributed by atoms with Crippen LogP contribution in [-0.4, -0.2) is 33.2 Å². The van der Waals surface area contributed by atoms with Gasteiger partial charge >= 0.3 is 0 Å². The molecule has 0 bridgehead atoms. The number of benzene rings is 2. The number of amides is 1. The van der Waals surface area contributed by atoms with Gasteiger partial charge in [0.05, 0.1) is 24.5 Å². The molecule has 0 saturated heterocycles. The maximum absolute atomic E-state index is 13.0. The molecule has 29 heavy (non-hydrogen) atoms. The minimum Gasteiger partial charge on any atom is -0.476 e. The number of nitrogens with zero attached hydrogens (tertiary/aromatic N) is 1. The number of hydrogen-bond donors (Lipinski definition) is 1. The van der Waals surface area contributed by atoms with Crippen molar-refractivity contribution in [2.24, 2.45) is 0 Å². The summed E-state index contributed by atoms with van der Waals surface area (Å²) in [6, 6.07) is 11.3. The van der Waals surface area contributed by atoms with Crippen LogP contribution in [0.5, 0.6) is 5.75 Å². The summed E-state index contributed by atoms with van der Waals surface area (Å²) in [6.07, 6.45) is 0.942. The molecule has 2 aromatic rings. The molecule has 2 aromatic carbocycles. The molecule has 1 amide bonds. The van der Waals surface area contributed by atoms with Gasteiger partial charge in [-0.3, -0.25) is 9.10 Å². The normalized spacial score (nSPS) is 17.3. The van der Waals surface area contributed by atoms with Gasteiger partial charge in [0.2, 0.25) is 10.0 Å². The van der Waals surface area contributed by atoms with Crippen molar-refractivity contribution in [3.05, 3.63) is 58.7 Å². The summed E-state index contributed by atoms with van der Waals surface area (Å²) in [6.45, 7) is 7.90. The van der Waals surface area contributed by atoms with Gasteiger partial charge < -0.3 is 10.1 Å². The molecule has 7 heteroatoms. The van der Waals surface area contributed by atoms with E-state index in [1.54, 1.807) is 12.1 Å². The van der Waals surface area contributed by atoms with E-state index in [4.69, 9.17) is 4.74 Å². The third-order valence-corrected chi connectivity index (χ3v) is 6.35. The molecule has 0 aromatic heterocycles.